The lowest BCUT2D eigenvalue weighted by Crippen LogP contribution is -2.47. The van der Waals surface area contributed by atoms with Crippen molar-refractivity contribution in [1.82, 2.24) is 20.3 Å². The number of rotatable bonds is 5. The van der Waals surface area contributed by atoms with Crippen LogP contribution >= 0.6 is 0 Å². The van der Waals surface area contributed by atoms with E-state index < -0.39 is 44.0 Å². The van der Waals surface area contributed by atoms with Crippen molar-refractivity contribution in [3.63, 3.8) is 0 Å². The second-order valence-corrected chi connectivity index (χ2v) is 15.4. The lowest BCUT2D eigenvalue weighted by Gasteiger charge is -2.33. The predicted octanol–water partition coefficient (Wildman–Crippen LogP) is 4.68. The van der Waals surface area contributed by atoms with Gasteiger partial charge < -0.3 is 25.0 Å². The maximum atomic E-state index is 15.1. The van der Waals surface area contributed by atoms with Crippen LogP contribution in [0, 0.1) is 17.2 Å². The van der Waals surface area contributed by atoms with E-state index in [0.717, 1.165) is 23.6 Å². The Bertz CT molecular complexity index is 1690. The fourth-order valence-corrected chi connectivity index (χ4v) is 6.48. The summed E-state index contributed by atoms with van der Waals surface area (Å²) in [5.41, 5.74) is -0.491. The van der Waals surface area contributed by atoms with E-state index in [9.17, 15) is 23.1 Å². The zero-order chi connectivity index (χ0) is 30.9. The Balaban J connectivity index is 1.61. The van der Waals surface area contributed by atoms with Gasteiger partial charge >= 0.3 is 12.2 Å². The predicted molar refractivity (Wildman–Crippen MR) is 156 cm³/mol. The van der Waals surface area contributed by atoms with Gasteiger partial charge in [-0.2, -0.15) is 4.98 Å². The quantitative estimate of drug-likeness (QED) is 0.352. The third kappa shape index (κ3) is 5.81. The van der Waals surface area contributed by atoms with Gasteiger partial charge in [0.1, 0.15) is 22.9 Å². The molecule has 228 valence electrons. The molecule has 2 fully saturated rings. The van der Waals surface area contributed by atoms with Crippen molar-refractivity contribution in [1.29, 1.82) is 0 Å². The first-order valence-corrected chi connectivity index (χ1v) is 15.7. The van der Waals surface area contributed by atoms with E-state index >= 15 is 4.39 Å². The molecular formula is C28H37FN6O6S. The van der Waals surface area contributed by atoms with Gasteiger partial charge in [0.2, 0.25) is 9.84 Å². The van der Waals surface area contributed by atoms with Crippen LogP contribution in [0.2, 0.25) is 0 Å². The molecule has 3 heterocycles. The van der Waals surface area contributed by atoms with Gasteiger partial charge in [0.15, 0.2) is 0 Å². The van der Waals surface area contributed by atoms with Crippen LogP contribution in [-0.2, 0) is 14.6 Å². The SMILES string of the molecule is CC(C)(C)CN(C(=O)O)c1cc(F)cc2c1[nH]c1nc(S(C)(=O)=O)nc(N3C[C@H]4C[C@@H]3C[C@H]4NC(=O)OC(C)(C)C)c12. The van der Waals surface area contributed by atoms with Crippen LogP contribution in [-0.4, -0.2) is 77.7 Å². The minimum atomic E-state index is -3.83. The van der Waals surface area contributed by atoms with Gasteiger partial charge in [-0.25, -0.2) is 27.4 Å². The molecule has 1 aromatic carbocycles. The largest absolute Gasteiger partial charge is 0.465 e. The van der Waals surface area contributed by atoms with Crippen LogP contribution in [0.1, 0.15) is 54.4 Å². The van der Waals surface area contributed by atoms with Crippen molar-refractivity contribution >= 4 is 55.5 Å². The average Bonchev–Trinajstić information content (AvgIpc) is 3.51. The molecule has 0 unspecified atom stereocenters. The second-order valence-electron chi connectivity index (χ2n) is 13.5. The maximum absolute atomic E-state index is 15.1. The number of benzene rings is 1. The number of ether oxygens (including phenoxy) is 1. The first kappa shape index (κ1) is 29.8. The number of carbonyl (C=O) groups is 2. The van der Waals surface area contributed by atoms with Crippen molar-refractivity contribution in [2.24, 2.45) is 11.3 Å². The number of halogens is 1. The highest BCUT2D eigenvalue weighted by Gasteiger charge is 2.47. The highest BCUT2D eigenvalue weighted by molar-refractivity contribution is 7.90. The number of anilines is 2. The molecule has 14 heteroatoms. The zero-order valence-electron chi connectivity index (χ0n) is 24.8. The van der Waals surface area contributed by atoms with E-state index in [4.69, 9.17) is 4.74 Å². The van der Waals surface area contributed by atoms with Crippen molar-refractivity contribution in [3.05, 3.63) is 17.9 Å². The summed E-state index contributed by atoms with van der Waals surface area (Å²) in [5.74, 6) is -0.272. The number of carboxylic acid groups (broad SMARTS) is 1. The number of sulfone groups is 1. The maximum Gasteiger partial charge on any atom is 0.411 e. The number of nitrogens with one attached hydrogen (secondary N) is 2. The van der Waals surface area contributed by atoms with E-state index in [1.54, 1.807) is 20.8 Å². The van der Waals surface area contributed by atoms with Crippen molar-refractivity contribution in [2.75, 3.05) is 29.1 Å². The van der Waals surface area contributed by atoms with Crippen LogP contribution in [0.3, 0.4) is 0 Å². The van der Waals surface area contributed by atoms with Gasteiger partial charge in [0.25, 0.3) is 5.16 Å². The van der Waals surface area contributed by atoms with Gasteiger partial charge in [0.05, 0.1) is 16.6 Å². The van der Waals surface area contributed by atoms with Crippen LogP contribution < -0.4 is 15.1 Å². The molecule has 1 aliphatic heterocycles. The smallest absolute Gasteiger partial charge is 0.411 e. The summed E-state index contributed by atoms with van der Waals surface area (Å²) in [6.45, 7) is 11.6. The Hall–Kier alpha value is -3.68. The van der Waals surface area contributed by atoms with E-state index in [1.807, 2.05) is 25.7 Å². The minimum Gasteiger partial charge on any atom is -0.465 e. The number of aromatic amines is 1. The highest BCUT2D eigenvalue weighted by Crippen LogP contribution is 2.45. The molecule has 3 N–H and O–H groups in total. The summed E-state index contributed by atoms with van der Waals surface area (Å²) >= 11 is 0. The summed E-state index contributed by atoms with van der Waals surface area (Å²) < 4.78 is 45.8. The lowest BCUT2D eigenvalue weighted by molar-refractivity contribution is 0.0491. The molecule has 12 nitrogen and oxygen atoms in total. The fraction of sp³-hybridized carbons (Fsp3) is 0.571. The number of piperidine rings is 1. The van der Waals surface area contributed by atoms with Crippen molar-refractivity contribution < 1.29 is 32.2 Å². The van der Waals surface area contributed by atoms with Gasteiger partial charge in [-0.15, -0.1) is 0 Å². The topological polar surface area (TPSA) is 158 Å². The molecule has 2 aliphatic rings. The average molecular weight is 605 g/mol. The molecule has 2 bridgehead atoms. The Kier molecular flexibility index (Phi) is 7.06. The number of fused-ring (bicyclic) bond motifs is 5. The molecule has 5 rings (SSSR count). The zero-order valence-corrected chi connectivity index (χ0v) is 25.6. The number of amides is 2. The van der Waals surface area contributed by atoms with Crippen LogP contribution in [0.4, 0.5) is 25.5 Å². The summed E-state index contributed by atoms with van der Waals surface area (Å²) in [7, 11) is -3.83. The number of aromatic nitrogens is 3. The van der Waals surface area contributed by atoms with Crippen LogP contribution in [0.25, 0.3) is 21.9 Å². The molecule has 2 aromatic heterocycles. The molecule has 1 saturated heterocycles. The fourth-order valence-electron chi connectivity index (χ4n) is 5.97. The molecule has 0 radical (unpaired) electrons. The van der Waals surface area contributed by atoms with E-state index in [2.05, 4.69) is 20.3 Å². The van der Waals surface area contributed by atoms with Gasteiger partial charge in [-0.3, -0.25) is 4.90 Å². The summed E-state index contributed by atoms with van der Waals surface area (Å²) in [6.07, 6.45) is 0.593. The molecule has 42 heavy (non-hydrogen) atoms. The number of H-pyrrole nitrogens is 1. The van der Waals surface area contributed by atoms with Crippen LogP contribution in [0.5, 0.6) is 0 Å². The lowest BCUT2D eigenvalue weighted by atomic mass is 9.96. The molecule has 3 aromatic rings. The minimum absolute atomic E-state index is 0.0565. The molecule has 2 amide bonds. The van der Waals surface area contributed by atoms with Crippen LogP contribution in [0.15, 0.2) is 17.3 Å². The summed E-state index contributed by atoms with van der Waals surface area (Å²) in [6, 6.07) is 2.23. The van der Waals surface area contributed by atoms with E-state index in [-0.39, 0.29) is 35.9 Å². The number of carbonyl (C=O) groups excluding carboxylic acids is 1. The molecule has 3 atom stereocenters. The Morgan fingerprint density at radius 2 is 1.88 bits per heavy atom. The third-order valence-electron chi connectivity index (χ3n) is 7.47. The molecule has 1 saturated carbocycles. The van der Waals surface area contributed by atoms with E-state index in [1.165, 1.54) is 6.07 Å². The molecule has 0 spiro atoms. The van der Waals surface area contributed by atoms with Gasteiger partial charge in [-0.1, -0.05) is 20.8 Å². The van der Waals surface area contributed by atoms with Gasteiger partial charge in [0, 0.05) is 36.8 Å². The Morgan fingerprint density at radius 1 is 1.19 bits per heavy atom. The number of alkyl carbamates (subject to hydrolysis) is 1. The van der Waals surface area contributed by atoms with Crippen molar-refractivity contribution in [3.8, 4) is 0 Å². The normalized spacial score (nSPS) is 20.9. The monoisotopic (exact) mass is 604 g/mol. The first-order chi connectivity index (χ1) is 19.3. The Morgan fingerprint density at radius 3 is 2.43 bits per heavy atom. The molecule has 1 aliphatic carbocycles. The second kappa shape index (κ2) is 9.96. The summed E-state index contributed by atoms with van der Waals surface area (Å²) in [5, 5.41) is 13.4. The molecular weight excluding hydrogens is 567 g/mol. The summed E-state index contributed by atoms with van der Waals surface area (Å²) in [4.78, 5) is 39.6. The first-order valence-electron chi connectivity index (χ1n) is 13.8. The number of nitrogens with zero attached hydrogens (tertiary/aromatic N) is 4. The third-order valence-corrected chi connectivity index (χ3v) is 8.31. The number of hydrogen-bond acceptors (Lipinski definition) is 8. The Labute approximate surface area is 243 Å². The standard InChI is InChI=1S/C28H37FN6O6S/c1-27(2,3)13-35(26(37)38)19-10-15(29)9-17-20-22(31-21(17)19)32-24(42(7,39)40)33-23(20)34-12-14-8-16(34)11-18(14)30-25(36)41-28(4,5)6/h9-10,14,16,18H,8,11-13H2,1-7H3,(H,30,36)(H,37,38)(H,31,32,33)/t14-,16-,18-/m1/s1. The van der Waals surface area contributed by atoms with Crippen molar-refractivity contribution in [2.45, 2.75) is 77.2 Å². The van der Waals surface area contributed by atoms with E-state index in [0.29, 0.717) is 35.1 Å². The highest BCUT2D eigenvalue weighted by atomic mass is 32.2. The van der Waals surface area contributed by atoms with Gasteiger partial charge in [-0.05, 0) is 57.1 Å². The number of hydrogen-bond donors (Lipinski definition) is 3.